The monoisotopic (exact) mass is 288 g/mol. The summed E-state index contributed by atoms with van der Waals surface area (Å²) < 4.78 is 0. The number of aryl methyl sites for hydroxylation is 2. The molecule has 3 rings (SSSR count). The highest BCUT2D eigenvalue weighted by Crippen LogP contribution is 2.36. The molecule has 21 heavy (non-hydrogen) atoms. The van der Waals surface area contributed by atoms with E-state index >= 15 is 0 Å². The Morgan fingerprint density at radius 1 is 1.19 bits per heavy atom. The van der Waals surface area contributed by atoms with Crippen LogP contribution in [-0.4, -0.2) is 35.7 Å². The molecule has 116 valence electrons. The molecule has 2 fully saturated rings. The number of likely N-dealkylation sites (tertiary alicyclic amines) is 1. The number of nitrogens with two attached hydrogens (primary N) is 1. The van der Waals surface area contributed by atoms with Gasteiger partial charge in [-0.05, 0) is 44.1 Å². The van der Waals surface area contributed by atoms with Crippen molar-refractivity contribution in [3.05, 3.63) is 34.9 Å². The molecule has 0 bridgehead atoms. The topological polar surface area (TPSA) is 49.5 Å². The van der Waals surface area contributed by atoms with Crippen LogP contribution in [0.4, 0.5) is 0 Å². The largest absolute Gasteiger partial charge is 0.387 e. The van der Waals surface area contributed by atoms with Crippen molar-refractivity contribution in [1.29, 1.82) is 0 Å². The van der Waals surface area contributed by atoms with Gasteiger partial charge in [-0.3, -0.25) is 4.90 Å². The van der Waals surface area contributed by atoms with E-state index in [1.165, 1.54) is 30.4 Å². The van der Waals surface area contributed by atoms with Gasteiger partial charge in [0, 0.05) is 25.7 Å². The second-order valence-electron chi connectivity index (χ2n) is 7.17. The van der Waals surface area contributed by atoms with Crippen LogP contribution in [0.5, 0.6) is 0 Å². The van der Waals surface area contributed by atoms with Crippen LogP contribution in [0.25, 0.3) is 0 Å². The summed E-state index contributed by atoms with van der Waals surface area (Å²) in [6.07, 6.45) is 3.37. The quantitative estimate of drug-likeness (QED) is 0.898. The van der Waals surface area contributed by atoms with Gasteiger partial charge in [-0.2, -0.15) is 0 Å². The highest BCUT2D eigenvalue weighted by atomic mass is 16.3. The summed E-state index contributed by atoms with van der Waals surface area (Å²) in [4.78, 5) is 2.42. The fourth-order valence-electron chi connectivity index (χ4n) is 4.31. The van der Waals surface area contributed by atoms with E-state index in [2.05, 4.69) is 36.9 Å². The highest BCUT2D eigenvalue weighted by molar-refractivity contribution is 5.30. The standard InChI is InChI=1S/C18H28N2O/c1-12-6-13(2)8-15(7-12)18(21)11-20-9-14-4-3-5-17(19)16(14)10-20/h6-8,14,16-18,21H,3-5,9-11,19H2,1-2H3. The molecule has 1 aliphatic heterocycles. The molecule has 0 spiro atoms. The molecule has 0 amide bonds. The summed E-state index contributed by atoms with van der Waals surface area (Å²) in [7, 11) is 0. The Morgan fingerprint density at radius 2 is 1.90 bits per heavy atom. The number of hydrogen-bond donors (Lipinski definition) is 2. The fourth-order valence-corrected chi connectivity index (χ4v) is 4.31. The number of rotatable bonds is 3. The zero-order valence-electron chi connectivity index (χ0n) is 13.3. The van der Waals surface area contributed by atoms with Crippen LogP contribution in [0.3, 0.4) is 0 Å². The predicted octanol–water partition coefficient (Wildman–Crippen LogP) is 2.40. The van der Waals surface area contributed by atoms with E-state index in [4.69, 9.17) is 5.73 Å². The van der Waals surface area contributed by atoms with Crippen LogP contribution >= 0.6 is 0 Å². The second-order valence-corrected chi connectivity index (χ2v) is 7.17. The first-order valence-electron chi connectivity index (χ1n) is 8.27. The van der Waals surface area contributed by atoms with Gasteiger partial charge in [-0.1, -0.05) is 35.7 Å². The lowest BCUT2D eigenvalue weighted by Gasteiger charge is -2.29. The number of β-amino-alcohol motifs (C(OH)–C–C–N with tert-alkyl or cyclic N) is 1. The van der Waals surface area contributed by atoms with Crippen LogP contribution in [0, 0.1) is 25.7 Å². The maximum Gasteiger partial charge on any atom is 0.0917 e. The molecule has 3 nitrogen and oxygen atoms in total. The first-order valence-corrected chi connectivity index (χ1v) is 8.27. The Labute approximate surface area is 128 Å². The van der Waals surface area contributed by atoms with Gasteiger partial charge in [0.15, 0.2) is 0 Å². The Bertz CT molecular complexity index is 482. The molecular weight excluding hydrogens is 260 g/mol. The summed E-state index contributed by atoms with van der Waals surface area (Å²) in [6.45, 7) is 7.09. The van der Waals surface area contributed by atoms with E-state index in [1.54, 1.807) is 0 Å². The molecule has 3 N–H and O–H groups in total. The minimum atomic E-state index is -0.389. The van der Waals surface area contributed by atoms with Crippen LogP contribution < -0.4 is 5.73 Å². The second kappa shape index (κ2) is 6.07. The molecule has 3 heteroatoms. The molecule has 0 radical (unpaired) electrons. The smallest absolute Gasteiger partial charge is 0.0917 e. The van der Waals surface area contributed by atoms with E-state index in [-0.39, 0.29) is 6.10 Å². The number of nitrogens with zero attached hydrogens (tertiary/aromatic N) is 1. The van der Waals surface area contributed by atoms with Crippen LogP contribution in [0.15, 0.2) is 18.2 Å². The van der Waals surface area contributed by atoms with Crippen molar-refractivity contribution in [2.75, 3.05) is 19.6 Å². The fraction of sp³-hybridized carbons (Fsp3) is 0.667. The zero-order valence-corrected chi connectivity index (χ0v) is 13.3. The minimum absolute atomic E-state index is 0.368. The first-order chi connectivity index (χ1) is 10.0. The average Bonchev–Trinajstić information content (AvgIpc) is 2.81. The Morgan fingerprint density at radius 3 is 2.57 bits per heavy atom. The summed E-state index contributed by atoms with van der Waals surface area (Å²) in [5.41, 5.74) is 9.77. The van der Waals surface area contributed by atoms with E-state index in [9.17, 15) is 5.11 Å². The van der Waals surface area contributed by atoms with Crippen molar-refractivity contribution < 1.29 is 5.11 Å². The molecular formula is C18H28N2O. The van der Waals surface area contributed by atoms with E-state index in [0.717, 1.165) is 31.1 Å². The van der Waals surface area contributed by atoms with Gasteiger partial charge in [0.05, 0.1) is 6.10 Å². The lowest BCUT2D eigenvalue weighted by atomic mass is 9.78. The van der Waals surface area contributed by atoms with Crippen LogP contribution in [0.2, 0.25) is 0 Å². The van der Waals surface area contributed by atoms with E-state index in [1.807, 2.05) is 0 Å². The minimum Gasteiger partial charge on any atom is -0.387 e. The third kappa shape index (κ3) is 3.31. The first kappa shape index (κ1) is 15.0. The molecule has 1 aromatic rings. The van der Waals surface area contributed by atoms with Gasteiger partial charge < -0.3 is 10.8 Å². The summed E-state index contributed by atoms with van der Waals surface area (Å²) >= 11 is 0. The van der Waals surface area contributed by atoms with Gasteiger partial charge in [0.2, 0.25) is 0 Å². The summed E-state index contributed by atoms with van der Waals surface area (Å²) in [5.74, 6) is 1.39. The predicted molar refractivity (Wildman–Crippen MR) is 86.1 cm³/mol. The third-order valence-corrected chi connectivity index (χ3v) is 5.29. The number of fused-ring (bicyclic) bond motifs is 1. The average molecular weight is 288 g/mol. The SMILES string of the molecule is Cc1cc(C)cc(C(O)CN2CC3CCCC(N)C3C2)c1. The number of benzene rings is 1. The molecule has 1 heterocycles. The molecule has 1 saturated heterocycles. The van der Waals surface area contributed by atoms with Crippen LogP contribution in [0.1, 0.15) is 42.1 Å². The van der Waals surface area contributed by atoms with Gasteiger partial charge in [-0.15, -0.1) is 0 Å². The molecule has 0 aromatic heterocycles. The summed E-state index contributed by atoms with van der Waals surface area (Å²) in [6, 6.07) is 6.73. The van der Waals surface area contributed by atoms with Gasteiger partial charge in [0.1, 0.15) is 0 Å². The van der Waals surface area contributed by atoms with Crippen molar-refractivity contribution in [2.45, 2.75) is 45.3 Å². The van der Waals surface area contributed by atoms with Crippen molar-refractivity contribution in [3.8, 4) is 0 Å². The summed E-state index contributed by atoms with van der Waals surface area (Å²) in [5, 5.41) is 10.6. The van der Waals surface area contributed by atoms with Crippen molar-refractivity contribution in [3.63, 3.8) is 0 Å². The normalized spacial score (nSPS) is 31.1. The van der Waals surface area contributed by atoms with Crippen molar-refractivity contribution in [1.82, 2.24) is 4.90 Å². The van der Waals surface area contributed by atoms with Crippen LogP contribution in [-0.2, 0) is 0 Å². The highest BCUT2D eigenvalue weighted by Gasteiger charge is 2.38. The molecule has 1 aromatic carbocycles. The molecule has 1 saturated carbocycles. The Kier molecular flexibility index (Phi) is 4.34. The number of aliphatic hydroxyl groups is 1. The van der Waals surface area contributed by atoms with Crippen molar-refractivity contribution >= 4 is 0 Å². The molecule has 1 aliphatic carbocycles. The third-order valence-electron chi connectivity index (χ3n) is 5.29. The Hall–Kier alpha value is -0.900. The Balaban J connectivity index is 1.64. The van der Waals surface area contributed by atoms with E-state index in [0.29, 0.717) is 12.0 Å². The van der Waals surface area contributed by atoms with Crippen molar-refractivity contribution in [2.24, 2.45) is 17.6 Å². The lowest BCUT2D eigenvalue weighted by molar-refractivity contribution is 0.123. The lowest BCUT2D eigenvalue weighted by Crippen LogP contribution is -2.38. The number of hydrogen-bond acceptors (Lipinski definition) is 3. The maximum atomic E-state index is 10.6. The maximum absolute atomic E-state index is 10.6. The van der Waals surface area contributed by atoms with Gasteiger partial charge >= 0.3 is 0 Å². The van der Waals surface area contributed by atoms with E-state index < -0.39 is 0 Å². The molecule has 4 atom stereocenters. The van der Waals surface area contributed by atoms with Gasteiger partial charge in [0.25, 0.3) is 0 Å². The van der Waals surface area contributed by atoms with Gasteiger partial charge in [-0.25, -0.2) is 0 Å². The molecule has 2 aliphatic rings. The zero-order chi connectivity index (χ0) is 15.0. The number of aliphatic hydroxyl groups excluding tert-OH is 1. The molecule has 4 unspecified atom stereocenters.